The number of nitrogens with zero attached hydrogens (tertiary/aromatic N) is 3. The Bertz CT molecular complexity index is 1820. The van der Waals surface area contributed by atoms with Crippen LogP contribution in [-0.2, 0) is 6.42 Å². The minimum Gasteiger partial charge on any atom is -0.310 e. The second-order valence-corrected chi connectivity index (χ2v) is 10.9. The molecular weight excluding hydrogens is 546 g/mol. The van der Waals surface area contributed by atoms with Gasteiger partial charge in [-0.3, -0.25) is 0 Å². The number of aryl methyl sites for hydroxylation is 2. The third-order valence-electron chi connectivity index (χ3n) is 7.82. The van der Waals surface area contributed by atoms with Gasteiger partial charge in [-0.2, -0.15) is 5.10 Å². The molecule has 0 N–H and O–H groups in total. The number of anilines is 5. The van der Waals surface area contributed by atoms with Gasteiger partial charge < -0.3 is 4.90 Å². The van der Waals surface area contributed by atoms with Crippen LogP contribution in [0, 0.1) is 6.92 Å². The van der Waals surface area contributed by atoms with Gasteiger partial charge in [0.15, 0.2) is 0 Å². The molecule has 0 bridgehead atoms. The van der Waals surface area contributed by atoms with Crippen molar-refractivity contribution in [3.8, 4) is 0 Å². The Morgan fingerprint density at radius 2 is 0.956 bits per heavy atom. The van der Waals surface area contributed by atoms with Crippen molar-refractivity contribution in [3.63, 3.8) is 0 Å². The Balaban J connectivity index is 1.19. The van der Waals surface area contributed by atoms with E-state index in [0.29, 0.717) is 0 Å². The number of para-hydroxylation sites is 4. The highest BCUT2D eigenvalue weighted by atomic mass is 15.5. The van der Waals surface area contributed by atoms with Crippen LogP contribution in [0.5, 0.6) is 0 Å². The van der Waals surface area contributed by atoms with Gasteiger partial charge in [0, 0.05) is 11.4 Å². The topological polar surface area (TPSA) is 18.8 Å². The van der Waals surface area contributed by atoms with Gasteiger partial charge >= 0.3 is 0 Å². The van der Waals surface area contributed by atoms with E-state index in [1.165, 1.54) is 16.8 Å². The molecule has 0 amide bonds. The van der Waals surface area contributed by atoms with Crippen LogP contribution in [0.2, 0.25) is 0 Å². The zero-order chi connectivity index (χ0) is 30.8. The lowest BCUT2D eigenvalue weighted by Gasteiger charge is -2.29. The van der Waals surface area contributed by atoms with Crippen molar-refractivity contribution in [2.75, 3.05) is 9.91 Å². The normalized spacial score (nSPS) is 11.2. The van der Waals surface area contributed by atoms with Crippen LogP contribution >= 0.6 is 0 Å². The zero-order valence-corrected chi connectivity index (χ0v) is 25.8. The Hall–Kier alpha value is -5.67. The molecule has 6 aromatic carbocycles. The molecule has 0 heterocycles. The van der Waals surface area contributed by atoms with E-state index in [1.54, 1.807) is 0 Å². The van der Waals surface area contributed by atoms with Gasteiger partial charge in [0.1, 0.15) is 0 Å². The molecule has 3 heteroatoms. The molecule has 0 atom stereocenters. The first-order valence-electron chi connectivity index (χ1n) is 15.5. The lowest BCUT2D eigenvalue weighted by atomic mass is 10.0. The third-order valence-corrected chi connectivity index (χ3v) is 7.82. The van der Waals surface area contributed by atoms with Crippen LogP contribution in [-0.4, -0.2) is 6.21 Å². The number of hydrogen-bond donors (Lipinski definition) is 0. The second kappa shape index (κ2) is 14.2. The molecule has 0 saturated carbocycles. The molecule has 0 radical (unpaired) electrons. The summed E-state index contributed by atoms with van der Waals surface area (Å²) < 4.78 is 0. The van der Waals surface area contributed by atoms with Crippen LogP contribution in [0.1, 0.15) is 34.7 Å². The number of rotatable bonds is 10. The number of benzene rings is 6. The molecule has 0 aliphatic rings. The van der Waals surface area contributed by atoms with E-state index >= 15 is 0 Å². The molecule has 6 rings (SSSR count). The average molecular weight is 584 g/mol. The zero-order valence-electron chi connectivity index (χ0n) is 25.8. The molecule has 3 nitrogen and oxygen atoms in total. The molecule has 0 fully saturated rings. The van der Waals surface area contributed by atoms with Crippen LogP contribution in [0.3, 0.4) is 0 Å². The van der Waals surface area contributed by atoms with E-state index in [4.69, 9.17) is 5.10 Å². The number of hydrazone groups is 1. The molecule has 0 aliphatic carbocycles. The van der Waals surface area contributed by atoms with Crippen molar-refractivity contribution in [2.45, 2.75) is 20.3 Å². The van der Waals surface area contributed by atoms with Gasteiger partial charge in [-0.1, -0.05) is 128 Å². The lowest BCUT2D eigenvalue weighted by Crippen LogP contribution is -2.13. The maximum Gasteiger partial charge on any atom is 0.0652 e. The summed E-state index contributed by atoms with van der Waals surface area (Å²) in [5.74, 6) is 0. The molecule has 0 spiro atoms. The Morgan fingerprint density at radius 3 is 1.49 bits per heavy atom. The van der Waals surface area contributed by atoms with Crippen molar-refractivity contribution in [1.82, 2.24) is 0 Å². The quantitative estimate of drug-likeness (QED) is 0.0907. The Kier molecular flexibility index (Phi) is 9.28. The summed E-state index contributed by atoms with van der Waals surface area (Å²) in [5, 5.41) is 6.78. The summed E-state index contributed by atoms with van der Waals surface area (Å²) in [4.78, 5) is 2.37. The average Bonchev–Trinajstić information content (AvgIpc) is 3.11. The van der Waals surface area contributed by atoms with E-state index in [-0.39, 0.29) is 0 Å². The van der Waals surface area contributed by atoms with Crippen LogP contribution in [0.4, 0.5) is 28.4 Å². The highest BCUT2D eigenvalue weighted by Crippen LogP contribution is 2.39. The van der Waals surface area contributed by atoms with E-state index in [0.717, 1.165) is 45.9 Å². The highest BCUT2D eigenvalue weighted by molar-refractivity contribution is 5.83. The van der Waals surface area contributed by atoms with Gasteiger partial charge in [-0.15, -0.1) is 0 Å². The summed E-state index contributed by atoms with van der Waals surface area (Å²) in [6, 6.07) is 54.9. The third kappa shape index (κ3) is 7.11. The molecule has 0 saturated heterocycles. The van der Waals surface area contributed by atoms with E-state index in [2.05, 4.69) is 152 Å². The molecule has 6 aromatic rings. The summed E-state index contributed by atoms with van der Waals surface area (Å²) in [6.07, 6.45) is 7.20. The molecule has 0 aliphatic heterocycles. The first-order valence-corrected chi connectivity index (χ1v) is 15.5. The van der Waals surface area contributed by atoms with E-state index in [1.807, 2.05) is 47.6 Å². The number of hydrogen-bond acceptors (Lipinski definition) is 3. The van der Waals surface area contributed by atoms with Gasteiger partial charge in [-0.25, -0.2) is 5.01 Å². The maximum atomic E-state index is 4.83. The highest BCUT2D eigenvalue weighted by Gasteiger charge is 2.17. The molecule has 0 aromatic heterocycles. The van der Waals surface area contributed by atoms with Crippen molar-refractivity contribution < 1.29 is 0 Å². The summed E-state index contributed by atoms with van der Waals surface area (Å²) in [6.45, 7) is 4.42. The SMILES string of the molecule is CCc1cccc(C)c1N(c1ccccc1)c1ccc(/C=C/c2ccc(/C=N/N(c3ccccc3)c3ccccc3)cc2)cc1. The van der Waals surface area contributed by atoms with E-state index < -0.39 is 0 Å². The van der Waals surface area contributed by atoms with Crippen LogP contribution < -0.4 is 9.91 Å². The van der Waals surface area contributed by atoms with Gasteiger partial charge in [0.25, 0.3) is 0 Å². The van der Waals surface area contributed by atoms with Crippen molar-refractivity contribution >= 4 is 46.8 Å². The smallest absolute Gasteiger partial charge is 0.0652 e. The molecular formula is C42H37N3. The lowest BCUT2D eigenvalue weighted by molar-refractivity contribution is 1.09. The largest absolute Gasteiger partial charge is 0.310 e. The fourth-order valence-electron chi connectivity index (χ4n) is 5.47. The molecule has 220 valence electrons. The standard InChI is InChI=1S/C42H37N3/c1-3-37-15-13-14-33(2)42(37)44(38-16-7-4-8-17-38)39-30-28-35(29-31-39)23-22-34-24-26-36(27-25-34)32-43-45(40-18-9-5-10-19-40)41-20-11-6-12-21-41/h4-32H,3H2,1-2H3/b23-22+,43-32+. The summed E-state index contributed by atoms with van der Waals surface area (Å²) in [7, 11) is 0. The van der Waals surface area contributed by atoms with E-state index in [9.17, 15) is 0 Å². The summed E-state index contributed by atoms with van der Waals surface area (Å²) in [5.41, 5.74) is 11.5. The van der Waals surface area contributed by atoms with Crippen LogP contribution in [0.25, 0.3) is 12.2 Å². The predicted octanol–water partition coefficient (Wildman–Crippen LogP) is 11.4. The maximum absolute atomic E-state index is 4.83. The fraction of sp³-hybridized carbons (Fsp3) is 0.0714. The molecule has 0 unspecified atom stereocenters. The van der Waals surface area contributed by atoms with Crippen molar-refractivity contribution in [1.29, 1.82) is 0 Å². The Labute approximate surface area is 267 Å². The van der Waals surface area contributed by atoms with Crippen molar-refractivity contribution in [3.05, 3.63) is 186 Å². The van der Waals surface area contributed by atoms with Crippen molar-refractivity contribution in [2.24, 2.45) is 5.10 Å². The molecule has 45 heavy (non-hydrogen) atoms. The first kappa shape index (κ1) is 29.4. The fourth-order valence-corrected chi connectivity index (χ4v) is 5.47. The minimum absolute atomic E-state index is 0.976. The second-order valence-electron chi connectivity index (χ2n) is 10.9. The summed E-state index contributed by atoms with van der Waals surface area (Å²) >= 11 is 0. The minimum atomic E-state index is 0.976. The Morgan fingerprint density at radius 1 is 0.489 bits per heavy atom. The first-order chi connectivity index (χ1) is 22.2. The van der Waals surface area contributed by atoms with Gasteiger partial charge in [-0.05, 0) is 89.7 Å². The van der Waals surface area contributed by atoms with Crippen LogP contribution in [0.15, 0.2) is 163 Å². The predicted molar refractivity (Wildman–Crippen MR) is 193 cm³/mol. The monoisotopic (exact) mass is 583 g/mol. The van der Waals surface area contributed by atoms with Gasteiger partial charge in [0.2, 0.25) is 0 Å². The van der Waals surface area contributed by atoms with Gasteiger partial charge in [0.05, 0.1) is 23.3 Å².